The molecule has 7 nitrogen and oxygen atoms in total. The Bertz CT molecular complexity index is 425. The van der Waals surface area contributed by atoms with Crippen molar-refractivity contribution >= 4 is 40.0 Å². The first-order valence-electron chi connectivity index (χ1n) is 11.1. The molecule has 0 bridgehead atoms. The third-order valence-electron chi connectivity index (χ3n) is 4.48. The van der Waals surface area contributed by atoms with Gasteiger partial charge in [-0.1, -0.05) is 76.0 Å². The zero-order chi connectivity index (χ0) is 20.9. The average Bonchev–Trinajstić information content (AvgIpc) is 2.67. The van der Waals surface area contributed by atoms with E-state index in [0.29, 0.717) is 12.6 Å². The summed E-state index contributed by atoms with van der Waals surface area (Å²) in [4.78, 5) is 4.58. The molecule has 0 aliphatic heterocycles. The number of hydrogen-bond donors (Lipinski definition) is 1. The average molecular weight is 450 g/mol. The van der Waals surface area contributed by atoms with Gasteiger partial charge in [-0.3, -0.25) is 0 Å². The molecule has 0 aromatic heterocycles. The van der Waals surface area contributed by atoms with E-state index in [4.69, 9.17) is 4.74 Å². The third-order valence-corrected chi connectivity index (χ3v) is 5.27. The first kappa shape index (κ1) is 31.9. The molecule has 0 saturated heterocycles. The Morgan fingerprint density at radius 1 is 0.828 bits per heavy atom. The predicted molar refractivity (Wildman–Crippen MR) is 119 cm³/mol. The Hall–Kier alpha value is 0.750. The van der Waals surface area contributed by atoms with Gasteiger partial charge >= 0.3 is 40.0 Å². The molecule has 0 radical (unpaired) electrons. The van der Waals surface area contributed by atoms with Crippen molar-refractivity contribution in [3.63, 3.8) is 0 Å². The van der Waals surface area contributed by atoms with Gasteiger partial charge in [0.15, 0.2) is 0 Å². The maximum absolute atomic E-state index is 11.1. The van der Waals surface area contributed by atoms with Crippen molar-refractivity contribution in [3.8, 4) is 0 Å². The summed E-state index contributed by atoms with van der Waals surface area (Å²) in [5.41, 5.74) is 0. The molecule has 1 atom stereocenters. The quantitative estimate of drug-likeness (QED) is 0.116. The van der Waals surface area contributed by atoms with Crippen LogP contribution in [-0.2, 0) is 28.5 Å². The molecule has 0 spiro atoms. The fraction of sp³-hybridized carbons (Fsp3) is 1.00. The second-order valence-corrected chi connectivity index (χ2v) is 8.21. The summed E-state index contributed by atoms with van der Waals surface area (Å²) < 4.78 is 36.2. The van der Waals surface area contributed by atoms with Gasteiger partial charge in [-0.15, -0.1) is 0 Å². The SMILES string of the molecule is CCCCCCCCCCCCNC(CC)COCCOOS(=O)(=O)OCC.[NaH]. The van der Waals surface area contributed by atoms with Crippen LogP contribution >= 0.6 is 0 Å². The monoisotopic (exact) mass is 449 g/mol. The molecule has 0 aliphatic rings. The van der Waals surface area contributed by atoms with Crippen molar-refractivity contribution in [2.75, 3.05) is 33.0 Å². The van der Waals surface area contributed by atoms with Crippen molar-refractivity contribution in [1.82, 2.24) is 5.32 Å². The van der Waals surface area contributed by atoms with E-state index in [0.717, 1.165) is 13.0 Å². The zero-order valence-electron chi connectivity index (χ0n) is 18.2. The third kappa shape index (κ3) is 23.2. The van der Waals surface area contributed by atoms with Gasteiger partial charge in [-0.2, -0.15) is 8.42 Å². The van der Waals surface area contributed by atoms with Crippen molar-refractivity contribution in [1.29, 1.82) is 0 Å². The van der Waals surface area contributed by atoms with Crippen molar-refractivity contribution < 1.29 is 26.6 Å². The normalized spacial score (nSPS) is 12.7. The van der Waals surface area contributed by atoms with Crippen molar-refractivity contribution in [2.24, 2.45) is 0 Å². The summed E-state index contributed by atoms with van der Waals surface area (Å²) in [5, 5.41) is 3.51. The first-order valence-corrected chi connectivity index (χ1v) is 12.4. The van der Waals surface area contributed by atoms with E-state index in [2.05, 4.69) is 32.6 Å². The Balaban J connectivity index is 0. The molecule has 9 heteroatoms. The molecule has 172 valence electrons. The predicted octanol–water partition coefficient (Wildman–Crippen LogP) is 3.87. The van der Waals surface area contributed by atoms with Gasteiger partial charge < -0.3 is 10.1 Å². The van der Waals surface area contributed by atoms with E-state index in [1.807, 2.05) is 0 Å². The zero-order valence-corrected chi connectivity index (χ0v) is 19.1. The summed E-state index contributed by atoms with van der Waals surface area (Å²) in [6.45, 7) is 7.79. The van der Waals surface area contributed by atoms with Crippen LogP contribution in [0.5, 0.6) is 0 Å². The number of hydrogen-bond acceptors (Lipinski definition) is 7. The first-order chi connectivity index (χ1) is 13.6. The summed E-state index contributed by atoms with van der Waals surface area (Å²) in [6, 6.07) is 0.298. The molecule has 0 rings (SSSR count). The van der Waals surface area contributed by atoms with Crippen LogP contribution in [-0.4, -0.2) is 77.0 Å². The minimum absolute atomic E-state index is 0. The van der Waals surface area contributed by atoms with Crippen LogP contribution in [0.4, 0.5) is 0 Å². The number of unbranched alkanes of at least 4 members (excludes halogenated alkanes) is 9. The van der Waals surface area contributed by atoms with E-state index in [9.17, 15) is 8.42 Å². The van der Waals surface area contributed by atoms with Gasteiger partial charge in [0.1, 0.15) is 6.61 Å². The Kier molecular flexibility index (Phi) is 25.8. The molecule has 29 heavy (non-hydrogen) atoms. The molecule has 0 heterocycles. The number of ether oxygens (including phenoxy) is 1. The molecule has 0 fully saturated rings. The van der Waals surface area contributed by atoms with Crippen LogP contribution in [0.25, 0.3) is 0 Å². The van der Waals surface area contributed by atoms with Crippen LogP contribution in [0, 0.1) is 0 Å². The van der Waals surface area contributed by atoms with Crippen LogP contribution in [0.3, 0.4) is 0 Å². The molecule has 0 aromatic carbocycles. The topological polar surface area (TPSA) is 83.1 Å². The molecule has 0 amide bonds. The van der Waals surface area contributed by atoms with E-state index >= 15 is 0 Å². The summed E-state index contributed by atoms with van der Waals surface area (Å²) >= 11 is 0. The Morgan fingerprint density at radius 3 is 1.97 bits per heavy atom. The van der Waals surface area contributed by atoms with Crippen molar-refractivity contribution in [2.45, 2.75) is 97.4 Å². The molecule has 0 aliphatic carbocycles. The summed E-state index contributed by atoms with van der Waals surface area (Å²) in [7, 11) is -4.06. The second-order valence-electron chi connectivity index (χ2n) is 7.02. The van der Waals surface area contributed by atoms with Gasteiger partial charge in [0.2, 0.25) is 0 Å². The number of nitrogens with one attached hydrogen (secondary N) is 1. The van der Waals surface area contributed by atoms with E-state index in [1.54, 1.807) is 6.92 Å². The minimum atomic E-state index is -4.06. The van der Waals surface area contributed by atoms with Crippen LogP contribution in [0.2, 0.25) is 0 Å². The van der Waals surface area contributed by atoms with Crippen LogP contribution < -0.4 is 5.32 Å². The van der Waals surface area contributed by atoms with Gasteiger partial charge in [0.05, 0.1) is 19.8 Å². The summed E-state index contributed by atoms with van der Waals surface area (Å²) in [5.74, 6) is 0. The van der Waals surface area contributed by atoms with E-state index in [1.165, 1.54) is 64.2 Å². The molecule has 0 aromatic rings. The fourth-order valence-corrected chi connectivity index (χ4v) is 3.33. The second kappa shape index (κ2) is 23.4. The Labute approximate surface area is 201 Å². The maximum atomic E-state index is 11.1. The molecule has 1 unspecified atom stereocenters. The standard InChI is InChI=1S/C20H43NO6S.Na.H/c1-4-7-8-9-10-11-12-13-14-15-16-21-20(5-2)19-24-17-18-25-27-28(22,23)26-6-3;;/h20-21H,4-19H2,1-3H3;;. The van der Waals surface area contributed by atoms with E-state index < -0.39 is 10.4 Å². The van der Waals surface area contributed by atoms with Gasteiger partial charge in [-0.05, 0) is 26.3 Å². The number of rotatable bonds is 22. The van der Waals surface area contributed by atoms with Crippen molar-refractivity contribution in [3.05, 3.63) is 0 Å². The van der Waals surface area contributed by atoms with Crippen LogP contribution in [0.1, 0.15) is 91.4 Å². The van der Waals surface area contributed by atoms with Gasteiger partial charge in [-0.25, -0.2) is 9.07 Å². The molecular formula is C20H44NNaO6S. The molecular weight excluding hydrogens is 405 g/mol. The molecule has 1 N–H and O–H groups in total. The van der Waals surface area contributed by atoms with Gasteiger partial charge in [0.25, 0.3) is 0 Å². The van der Waals surface area contributed by atoms with E-state index in [-0.39, 0.29) is 49.4 Å². The summed E-state index contributed by atoms with van der Waals surface area (Å²) in [6.07, 6.45) is 14.4. The Morgan fingerprint density at radius 2 is 1.41 bits per heavy atom. The molecule has 0 saturated carbocycles. The van der Waals surface area contributed by atoms with Gasteiger partial charge in [0, 0.05) is 6.04 Å². The fourth-order valence-electron chi connectivity index (χ4n) is 2.82. The van der Waals surface area contributed by atoms with Crippen LogP contribution in [0.15, 0.2) is 0 Å².